The summed E-state index contributed by atoms with van der Waals surface area (Å²) in [5, 5.41) is 2.63. The van der Waals surface area contributed by atoms with Crippen LogP contribution in [0.25, 0.3) is 0 Å². The minimum absolute atomic E-state index is 0. The fraction of sp³-hybridized carbons (Fsp3) is 0.700. The van der Waals surface area contributed by atoms with Crippen LogP contribution in [0.1, 0.15) is 33.6 Å². The Morgan fingerprint density at radius 3 is 2.08 bits per heavy atom. The van der Waals surface area contributed by atoms with Crippen LogP contribution in [-0.2, 0) is 4.79 Å². The zero-order chi connectivity index (χ0) is 8.69. The molecule has 0 radical (unpaired) electrons. The lowest BCUT2D eigenvalue weighted by Crippen LogP contribution is -2.31. The van der Waals surface area contributed by atoms with Gasteiger partial charge in [0.1, 0.15) is 0 Å². The molecule has 0 saturated heterocycles. The van der Waals surface area contributed by atoms with E-state index in [0.717, 1.165) is 12.8 Å². The molecule has 0 atom stereocenters. The highest BCUT2D eigenvalue weighted by Crippen LogP contribution is 2.25. The molecule has 0 spiro atoms. The maximum Gasteiger partial charge on any atom is 0.222 e. The van der Waals surface area contributed by atoms with Crippen molar-refractivity contribution >= 4 is 5.91 Å². The van der Waals surface area contributed by atoms with E-state index in [1.165, 1.54) is 6.42 Å². The number of amides is 1. The Balaban J connectivity index is 0. The number of hydrogen-bond donors (Lipinski definition) is 1. The lowest BCUT2D eigenvalue weighted by Gasteiger charge is -2.22. The van der Waals surface area contributed by atoms with Crippen molar-refractivity contribution < 1.29 is 4.79 Å². The molecule has 1 rings (SSSR count). The first-order chi connectivity index (χ1) is 5.26. The predicted octanol–water partition coefficient (Wildman–Crippen LogP) is 2.36. The third-order valence-corrected chi connectivity index (χ3v) is 1.72. The second kappa shape index (κ2) is 8.31. The average molecular weight is 171 g/mol. The van der Waals surface area contributed by atoms with Crippen molar-refractivity contribution in [3.05, 3.63) is 12.7 Å². The van der Waals surface area contributed by atoms with E-state index in [4.69, 9.17) is 0 Å². The Morgan fingerprint density at radius 1 is 1.58 bits per heavy atom. The third kappa shape index (κ3) is 4.94. The molecule has 1 fully saturated rings. The third-order valence-electron chi connectivity index (χ3n) is 1.72. The number of rotatable bonds is 1. The van der Waals surface area contributed by atoms with E-state index in [1.54, 1.807) is 13.1 Å². The Kier molecular flexibility index (Phi) is 9.54. The monoisotopic (exact) mass is 171 g/mol. The summed E-state index contributed by atoms with van der Waals surface area (Å²) in [5.41, 5.74) is 0. The number of allylic oxidation sites excluding steroid dienone is 1. The molecule has 0 aliphatic heterocycles. The van der Waals surface area contributed by atoms with Gasteiger partial charge in [0.15, 0.2) is 0 Å². The van der Waals surface area contributed by atoms with Crippen molar-refractivity contribution in [2.75, 3.05) is 7.05 Å². The zero-order valence-corrected chi connectivity index (χ0v) is 7.39. The number of carbonyl (C=O) groups is 1. The standard InChI is InChI=1S/C6H11NO.C3H6.CH4/c1-7-6(8)5-3-2-4-5;1-3-2;/h5H,2-4H2,1H3,(H,7,8);3H,1H2,2H3;1H4. The molecule has 2 heteroatoms. The van der Waals surface area contributed by atoms with Gasteiger partial charge in [-0.3, -0.25) is 4.79 Å². The van der Waals surface area contributed by atoms with Gasteiger partial charge in [-0.15, -0.1) is 6.58 Å². The molecule has 0 aromatic heterocycles. The Morgan fingerprint density at radius 2 is 2.00 bits per heavy atom. The van der Waals surface area contributed by atoms with Crippen LogP contribution in [0.15, 0.2) is 12.7 Å². The maximum atomic E-state index is 10.7. The SMILES string of the molecule is C.C=CC.CNC(=O)C1CCC1. The van der Waals surface area contributed by atoms with Gasteiger partial charge >= 0.3 is 0 Å². The second-order valence-electron chi connectivity index (χ2n) is 2.65. The summed E-state index contributed by atoms with van der Waals surface area (Å²) in [5.74, 6) is 0.566. The van der Waals surface area contributed by atoms with Gasteiger partial charge in [0.05, 0.1) is 0 Å². The molecule has 1 amide bonds. The van der Waals surface area contributed by atoms with Crippen molar-refractivity contribution in [2.24, 2.45) is 5.92 Å². The van der Waals surface area contributed by atoms with Gasteiger partial charge in [-0.25, -0.2) is 0 Å². The lowest BCUT2D eigenvalue weighted by atomic mass is 9.85. The van der Waals surface area contributed by atoms with E-state index in [1.807, 2.05) is 6.92 Å². The van der Waals surface area contributed by atoms with Crippen molar-refractivity contribution in [3.63, 3.8) is 0 Å². The lowest BCUT2D eigenvalue weighted by molar-refractivity contribution is -0.126. The van der Waals surface area contributed by atoms with Gasteiger partial charge < -0.3 is 5.32 Å². The van der Waals surface area contributed by atoms with Crippen molar-refractivity contribution in [1.82, 2.24) is 5.32 Å². The smallest absolute Gasteiger partial charge is 0.222 e. The number of hydrogen-bond acceptors (Lipinski definition) is 1. The molecule has 1 saturated carbocycles. The van der Waals surface area contributed by atoms with E-state index < -0.39 is 0 Å². The van der Waals surface area contributed by atoms with Gasteiger partial charge in [0.2, 0.25) is 5.91 Å². The Bertz CT molecular complexity index is 128. The second-order valence-corrected chi connectivity index (χ2v) is 2.65. The minimum Gasteiger partial charge on any atom is -0.359 e. The summed E-state index contributed by atoms with van der Waals surface area (Å²) in [6.45, 7) is 5.25. The molecule has 2 nitrogen and oxygen atoms in total. The first-order valence-corrected chi connectivity index (χ1v) is 4.04. The van der Waals surface area contributed by atoms with Crippen LogP contribution in [0.2, 0.25) is 0 Å². The van der Waals surface area contributed by atoms with Gasteiger partial charge in [-0.2, -0.15) is 0 Å². The van der Waals surface area contributed by atoms with Crippen LogP contribution < -0.4 is 5.32 Å². The number of nitrogens with one attached hydrogen (secondary N) is 1. The molecular weight excluding hydrogens is 150 g/mol. The van der Waals surface area contributed by atoms with Gasteiger partial charge in [-0.05, 0) is 19.8 Å². The summed E-state index contributed by atoms with van der Waals surface area (Å²) >= 11 is 0. The first kappa shape index (κ1) is 13.8. The summed E-state index contributed by atoms with van der Waals surface area (Å²) in [7, 11) is 1.70. The molecule has 12 heavy (non-hydrogen) atoms. The van der Waals surface area contributed by atoms with Crippen LogP contribution >= 0.6 is 0 Å². The molecule has 1 aliphatic rings. The molecule has 0 bridgehead atoms. The molecule has 72 valence electrons. The van der Waals surface area contributed by atoms with Gasteiger partial charge in [0, 0.05) is 13.0 Å². The maximum absolute atomic E-state index is 10.7. The summed E-state index contributed by atoms with van der Waals surface area (Å²) < 4.78 is 0. The van der Waals surface area contributed by atoms with Crippen LogP contribution in [0.5, 0.6) is 0 Å². The highest BCUT2D eigenvalue weighted by molar-refractivity contribution is 5.78. The highest BCUT2D eigenvalue weighted by atomic mass is 16.1. The molecule has 1 aliphatic carbocycles. The first-order valence-electron chi connectivity index (χ1n) is 4.04. The average Bonchev–Trinajstić information content (AvgIpc) is 1.85. The Hall–Kier alpha value is -0.790. The largest absolute Gasteiger partial charge is 0.359 e. The van der Waals surface area contributed by atoms with Crippen LogP contribution in [0.3, 0.4) is 0 Å². The van der Waals surface area contributed by atoms with E-state index in [9.17, 15) is 4.79 Å². The summed E-state index contributed by atoms with van der Waals surface area (Å²) in [6.07, 6.45) is 5.18. The van der Waals surface area contributed by atoms with Crippen LogP contribution in [-0.4, -0.2) is 13.0 Å². The molecule has 0 unspecified atom stereocenters. The molecule has 0 aromatic carbocycles. The summed E-state index contributed by atoms with van der Waals surface area (Å²) in [4.78, 5) is 10.7. The molecule has 1 N–H and O–H groups in total. The molecule has 0 heterocycles. The van der Waals surface area contributed by atoms with Crippen LogP contribution in [0, 0.1) is 5.92 Å². The van der Waals surface area contributed by atoms with Gasteiger partial charge in [-0.1, -0.05) is 19.9 Å². The van der Waals surface area contributed by atoms with E-state index in [2.05, 4.69) is 11.9 Å². The zero-order valence-electron chi connectivity index (χ0n) is 7.39. The quantitative estimate of drug-likeness (QED) is 0.603. The fourth-order valence-electron chi connectivity index (χ4n) is 0.875. The fourth-order valence-corrected chi connectivity index (χ4v) is 0.875. The summed E-state index contributed by atoms with van der Waals surface area (Å²) in [6, 6.07) is 0. The van der Waals surface area contributed by atoms with E-state index in [-0.39, 0.29) is 13.3 Å². The predicted molar refractivity (Wildman–Crippen MR) is 54.0 cm³/mol. The number of carbonyl (C=O) groups excluding carboxylic acids is 1. The van der Waals surface area contributed by atoms with Gasteiger partial charge in [0.25, 0.3) is 0 Å². The van der Waals surface area contributed by atoms with Crippen LogP contribution in [0.4, 0.5) is 0 Å². The highest BCUT2D eigenvalue weighted by Gasteiger charge is 2.23. The Labute approximate surface area is 76.1 Å². The molecule has 0 aromatic rings. The topological polar surface area (TPSA) is 29.1 Å². The van der Waals surface area contributed by atoms with Crippen molar-refractivity contribution in [1.29, 1.82) is 0 Å². The minimum atomic E-state index is 0. The van der Waals surface area contributed by atoms with Crippen molar-refractivity contribution in [2.45, 2.75) is 33.6 Å². The normalized spacial score (nSPS) is 14.2. The van der Waals surface area contributed by atoms with E-state index >= 15 is 0 Å². The van der Waals surface area contributed by atoms with Crippen molar-refractivity contribution in [3.8, 4) is 0 Å². The molecular formula is C10H21NO. The van der Waals surface area contributed by atoms with E-state index in [0.29, 0.717) is 5.92 Å².